The molecule has 6 rings (SSSR count). The van der Waals surface area contributed by atoms with Gasteiger partial charge in [0.2, 0.25) is 0 Å². The van der Waals surface area contributed by atoms with Crippen LogP contribution in [-0.4, -0.2) is 70.9 Å². The summed E-state index contributed by atoms with van der Waals surface area (Å²) in [6, 6.07) is 14.7. The van der Waals surface area contributed by atoms with Crippen molar-refractivity contribution in [3.63, 3.8) is 0 Å². The van der Waals surface area contributed by atoms with E-state index in [2.05, 4.69) is 83.8 Å². The minimum Gasteiger partial charge on any atom is -0.504 e. The van der Waals surface area contributed by atoms with Gasteiger partial charge in [0, 0.05) is 30.5 Å². The molecule has 2 aromatic rings. The van der Waals surface area contributed by atoms with Crippen LogP contribution < -0.4 is 4.74 Å². The first-order valence-corrected chi connectivity index (χ1v) is 17.2. The van der Waals surface area contributed by atoms with Gasteiger partial charge in [-0.15, -0.1) is 0 Å². The van der Waals surface area contributed by atoms with Crippen LogP contribution in [0.1, 0.15) is 75.0 Å². The highest BCUT2D eigenvalue weighted by Gasteiger charge is 2.65. The van der Waals surface area contributed by atoms with Gasteiger partial charge in [-0.3, -0.25) is 4.90 Å². The van der Waals surface area contributed by atoms with Crippen molar-refractivity contribution < 1.29 is 24.1 Å². The molecule has 1 saturated heterocycles. The lowest BCUT2D eigenvalue weighted by atomic mass is 9.60. The van der Waals surface area contributed by atoms with Crippen LogP contribution in [0.2, 0.25) is 0 Å². The van der Waals surface area contributed by atoms with E-state index in [1.165, 1.54) is 24.0 Å². The molecule has 6 nitrogen and oxygen atoms in total. The Kier molecular flexibility index (Phi) is 9.51. The van der Waals surface area contributed by atoms with E-state index >= 15 is 0 Å². The molecule has 4 aliphatic rings. The van der Waals surface area contributed by atoms with Crippen molar-refractivity contribution in [3.05, 3.63) is 65.2 Å². The molecule has 2 aromatic carbocycles. The Labute approximate surface area is 264 Å². The Balaban J connectivity index is 1.42. The molecule has 3 fully saturated rings. The fourth-order valence-corrected chi connectivity index (χ4v) is 9.08. The molecule has 0 amide bonds. The van der Waals surface area contributed by atoms with Gasteiger partial charge >= 0.3 is 0 Å². The molecular weight excluding hydrogens is 641 g/mol. The number of hydrogen-bond donors (Lipinski definition) is 1. The van der Waals surface area contributed by atoms with Crippen LogP contribution >= 0.6 is 22.6 Å². The van der Waals surface area contributed by atoms with Crippen LogP contribution in [0.25, 0.3) is 6.08 Å². The molecule has 1 N–H and O–H groups in total. The summed E-state index contributed by atoms with van der Waals surface area (Å²) in [5.41, 5.74) is 2.81. The van der Waals surface area contributed by atoms with Gasteiger partial charge in [0.25, 0.3) is 0 Å². The molecule has 1 unspecified atom stereocenters. The van der Waals surface area contributed by atoms with Gasteiger partial charge in [-0.25, -0.2) is 0 Å². The van der Waals surface area contributed by atoms with Crippen molar-refractivity contribution in [3.8, 4) is 11.5 Å². The molecule has 0 bridgehead atoms. The molecular formula is C35H46INO5. The zero-order chi connectivity index (χ0) is 29.2. The third-order valence-corrected chi connectivity index (χ3v) is 11.5. The minimum absolute atomic E-state index is 0.0394. The zero-order valence-electron chi connectivity index (χ0n) is 25.1. The van der Waals surface area contributed by atoms with Crippen LogP contribution in [0.5, 0.6) is 11.5 Å². The zero-order valence-corrected chi connectivity index (χ0v) is 27.3. The third-order valence-electron chi connectivity index (χ3n) is 9.79. The molecule has 0 aromatic heterocycles. The average Bonchev–Trinajstić information content (AvgIpc) is 3.71. The van der Waals surface area contributed by atoms with E-state index < -0.39 is 11.4 Å². The summed E-state index contributed by atoms with van der Waals surface area (Å²) in [5, 5.41) is 11.9. The van der Waals surface area contributed by atoms with Gasteiger partial charge in [0.1, 0.15) is 0 Å². The summed E-state index contributed by atoms with van der Waals surface area (Å²) in [7, 11) is 0. The number of phenolic OH excluding ortho intramolecular Hbond substituents is 1. The van der Waals surface area contributed by atoms with Crippen LogP contribution in [0, 0.1) is 5.92 Å². The normalized spacial score (nSPS) is 28.3. The first-order valence-electron chi connectivity index (χ1n) is 16.0. The largest absolute Gasteiger partial charge is 0.504 e. The molecule has 4 atom stereocenters. The van der Waals surface area contributed by atoms with Gasteiger partial charge in [0.15, 0.2) is 17.3 Å². The van der Waals surface area contributed by atoms with Gasteiger partial charge in [-0.1, -0.05) is 91.4 Å². The topological polar surface area (TPSA) is 60.4 Å². The van der Waals surface area contributed by atoms with Crippen LogP contribution in [-0.2, 0) is 20.6 Å². The maximum Gasteiger partial charge on any atom is 0.181 e. The predicted octanol–water partition coefficient (Wildman–Crippen LogP) is 7.12. The van der Waals surface area contributed by atoms with E-state index in [1.807, 2.05) is 12.1 Å². The maximum absolute atomic E-state index is 11.9. The van der Waals surface area contributed by atoms with E-state index in [0.29, 0.717) is 32.2 Å². The second-order valence-electron chi connectivity index (χ2n) is 12.4. The van der Waals surface area contributed by atoms with Crippen LogP contribution in [0.15, 0.2) is 48.5 Å². The second-order valence-corrected chi connectivity index (χ2v) is 13.7. The number of hydrogen-bond acceptors (Lipinski definition) is 6. The minimum atomic E-state index is -0.670. The molecule has 42 heavy (non-hydrogen) atoms. The van der Waals surface area contributed by atoms with Crippen molar-refractivity contribution in [1.29, 1.82) is 0 Å². The number of aromatic hydroxyl groups is 1. The Bertz CT molecular complexity index is 1230. The number of ether oxygens (including phenoxy) is 4. The summed E-state index contributed by atoms with van der Waals surface area (Å²) < 4.78 is 26.1. The molecule has 1 spiro atoms. The summed E-state index contributed by atoms with van der Waals surface area (Å²) >= 11 is 2.55. The molecule has 0 radical (unpaired) electrons. The highest BCUT2D eigenvalue weighted by atomic mass is 127. The third kappa shape index (κ3) is 5.88. The molecule has 3 aliphatic carbocycles. The first kappa shape index (κ1) is 30.4. The Morgan fingerprint density at radius 2 is 1.86 bits per heavy atom. The van der Waals surface area contributed by atoms with E-state index in [9.17, 15) is 5.11 Å². The van der Waals surface area contributed by atoms with Gasteiger partial charge in [-0.05, 0) is 61.8 Å². The monoisotopic (exact) mass is 687 g/mol. The predicted molar refractivity (Wildman–Crippen MR) is 175 cm³/mol. The SMILES string of the molecule is CCCCOc1ccc2c(c1O)C1[C@@H](I)C3(CC[C@@]1(OC/C=C/c1ccccc1)[C@H](N(CC)CC1CC1)C2)OCCO3. The fourth-order valence-electron chi connectivity index (χ4n) is 7.44. The van der Waals surface area contributed by atoms with Crippen molar-refractivity contribution in [1.82, 2.24) is 4.90 Å². The van der Waals surface area contributed by atoms with E-state index in [4.69, 9.17) is 18.9 Å². The van der Waals surface area contributed by atoms with Crippen LogP contribution in [0.4, 0.5) is 0 Å². The first-order chi connectivity index (χ1) is 20.5. The average molecular weight is 688 g/mol. The van der Waals surface area contributed by atoms with Crippen molar-refractivity contribution in [2.75, 3.05) is 39.5 Å². The quantitative estimate of drug-likeness (QED) is 0.146. The molecule has 2 saturated carbocycles. The Morgan fingerprint density at radius 1 is 1.07 bits per heavy atom. The molecule has 1 aliphatic heterocycles. The standard InChI is InChI=1S/C35H46INO5/c1-3-5-19-39-28-16-15-27-23-29(37(4-2)24-26-13-14-26)34(40-20-9-12-25-10-7-6-8-11-25)17-18-35(41-21-22-42-35)33(36)31(34)30(27)32(28)38/h6-12,15-16,26,29,31,33,38H,3-5,13-14,17-24H2,1-2H3/b12-9+/t29-,31?,33-,34-/m1/s1. The van der Waals surface area contributed by atoms with Gasteiger partial charge in [-0.2, -0.15) is 0 Å². The number of alkyl halides is 1. The lowest BCUT2D eigenvalue weighted by Crippen LogP contribution is -2.68. The number of halogens is 1. The van der Waals surface area contributed by atoms with Crippen molar-refractivity contribution in [2.45, 2.75) is 86.1 Å². The number of likely N-dealkylation sites (N-methyl/N-ethyl adjacent to an activating group) is 1. The Morgan fingerprint density at radius 3 is 2.57 bits per heavy atom. The van der Waals surface area contributed by atoms with E-state index in [1.54, 1.807) is 0 Å². The van der Waals surface area contributed by atoms with E-state index in [-0.39, 0.29) is 21.6 Å². The number of nitrogens with zero attached hydrogens (tertiary/aromatic N) is 1. The highest BCUT2D eigenvalue weighted by molar-refractivity contribution is 14.1. The molecule has 7 heteroatoms. The lowest BCUT2D eigenvalue weighted by molar-refractivity contribution is -0.224. The van der Waals surface area contributed by atoms with Crippen LogP contribution in [0.3, 0.4) is 0 Å². The molecule has 1 heterocycles. The lowest BCUT2D eigenvalue weighted by Gasteiger charge is -2.59. The number of unbranched alkanes of at least 4 members (excludes halogenated alkanes) is 1. The summed E-state index contributed by atoms with van der Waals surface area (Å²) in [6.07, 6.45) is 11.3. The summed E-state index contributed by atoms with van der Waals surface area (Å²) in [6.45, 7) is 8.81. The summed E-state index contributed by atoms with van der Waals surface area (Å²) in [4.78, 5) is 2.68. The summed E-state index contributed by atoms with van der Waals surface area (Å²) in [5.74, 6) is 0.819. The molecule has 228 valence electrons. The number of fused-ring (bicyclic) bond motifs is 3. The smallest absolute Gasteiger partial charge is 0.181 e. The Hall–Kier alpha value is -1.65. The number of rotatable bonds is 12. The number of phenols is 1. The van der Waals surface area contributed by atoms with E-state index in [0.717, 1.165) is 56.7 Å². The maximum atomic E-state index is 11.9. The van der Waals surface area contributed by atoms with Gasteiger partial charge < -0.3 is 24.1 Å². The fraction of sp³-hybridized carbons (Fsp3) is 0.600. The second kappa shape index (κ2) is 13.1. The van der Waals surface area contributed by atoms with Crippen molar-refractivity contribution in [2.24, 2.45) is 5.92 Å². The van der Waals surface area contributed by atoms with Crippen molar-refractivity contribution >= 4 is 28.7 Å². The number of benzene rings is 2. The highest BCUT2D eigenvalue weighted by Crippen LogP contribution is 2.61. The van der Waals surface area contributed by atoms with Gasteiger partial charge in [0.05, 0.1) is 36.0 Å².